The van der Waals surface area contributed by atoms with Gasteiger partial charge in [-0.25, -0.2) is 4.39 Å². The summed E-state index contributed by atoms with van der Waals surface area (Å²) in [4.78, 5) is 0. The first-order valence-electron chi connectivity index (χ1n) is 5.47. The van der Waals surface area contributed by atoms with Crippen LogP contribution in [0, 0.1) is 25.5 Å². The molecule has 0 saturated heterocycles. The minimum atomic E-state index is -1.07. The average molecular weight is 249 g/mol. The van der Waals surface area contributed by atoms with Gasteiger partial charge in [-0.15, -0.1) is 0 Å². The smallest absolute Gasteiger partial charge is 0.203 e. The number of nitrogen functional groups attached to an aromatic ring is 1. The molecule has 2 rings (SSSR count). The standard InChI is InChI=1S/C14H13F2NO/c1-8-5-9(2)7-10(6-8)18-14-12(17)4-3-11(15)13(14)16/h3-7H,17H2,1-2H3. The molecule has 0 radical (unpaired) electrons. The molecular formula is C14H13F2NO. The Kier molecular flexibility index (Phi) is 3.19. The first kappa shape index (κ1) is 12.4. The summed E-state index contributed by atoms with van der Waals surface area (Å²) in [6, 6.07) is 7.67. The highest BCUT2D eigenvalue weighted by Crippen LogP contribution is 2.32. The number of aryl methyl sites for hydroxylation is 2. The summed E-state index contributed by atoms with van der Waals surface area (Å²) in [7, 11) is 0. The number of ether oxygens (including phenoxy) is 1. The molecule has 0 aliphatic heterocycles. The Morgan fingerprint density at radius 1 is 1.00 bits per heavy atom. The Morgan fingerprint density at radius 3 is 2.22 bits per heavy atom. The van der Waals surface area contributed by atoms with Gasteiger partial charge in [-0.1, -0.05) is 6.07 Å². The van der Waals surface area contributed by atoms with E-state index in [1.165, 1.54) is 6.07 Å². The SMILES string of the molecule is Cc1cc(C)cc(Oc2c(N)ccc(F)c2F)c1. The molecule has 2 aromatic carbocycles. The third-order valence-corrected chi connectivity index (χ3v) is 2.50. The van der Waals surface area contributed by atoms with Crippen molar-refractivity contribution < 1.29 is 13.5 Å². The van der Waals surface area contributed by atoms with Gasteiger partial charge in [-0.2, -0.15) is 4.39 Å². The minimum absolute atomic E-state index is 0.0630. The van der Waals surface area contributed by atoms with E-state index in [9.17, 15) is 8.78 Å². The molecule has 0 aliphatic carbocycles. The fraction of sp³-hybridized carbons (Fsp3) is 0.143. The fourth-order valence-electron chi connectivity index (χ4n) is 1.76. The highest BCUT2D eigenvalue weighted by atomic mass is 19.2. The Labute approximate surface area is 104 Å². The molecule has 0 saturated carbocycles. The second-order valence-corrected chi connectivity index (χ2v) is 4.21. The van der Waals surface area contributed by atoms with Gasteiger partial charge in [-0.3, -0.25) is 0 Å². The van der Waals surface area contributed by atoms with E-state index in [0.717, 1.165) is 17.2 Å². The van der Waals surface area contributed by atoms with E-state index in [2.05, 4.69) is 0 Å². The molecule has 0 spiro atoms. The van der Waals surface area contributed by atoms with E-state index in [-0.39, 0.29) is 11.4 Å². The van der Waals surface area contributed by atoms with Crippen LogP contribution in [0.4, 0.5) is 14.5 Å². The molecule has 0 fully saturated rings. The molecule has 0 aliphatic rings. The van der Waals surface area contributed by atoms with E-state index in [4.69, 9.17) is 10.5 Å². The van der Waals surface area contributed by atoms with Crippen LogP contribution in [0.15, 0.2) is 30.3 Å². The third-order valence-electron chi connectivity index (χ3n) is 2.50. The second-order valence-electron chi connectivity index (χ2n) is 4.21. The molecule has 0 bridgehead atoms. The zero-order valence-electron chi connectivity index (χ0n) is 10.1. The van der Waals surface area contributed by atoms with Crippen molar-refractivity contribution in [1.82, 2.24) is 0 Å². The van der Waals surface area contributed by atoms with Crippen LogP contribution in [-0.2, 0) is 0 Å². The van der Waals surface area contributed by atoms with Crippen molar-refractivity contribution in [2.24, 2.45) is 0 Å². The van der Waals surface area contributed by atoms with Gasteiger partial charge in [-0.05, 0) is 49.2 Å². The van der Waals surface area contributed by atoms with Crippen LogP contribution in [0.1, 0.15) is 11.1 Å². The summed E-state index contributed by atoms with van der Waals surface area (Å²) in [5, 5.41) is 0. The molecule has 18 heavy (non-hydrogen) atoms. The lowest BCUT2D eigenvalue weighted by molar-refractivity contribution is 0.418. The van der Waals surface area contributed by atoms with Gasteiger partial charge in [0.15, 0.2) is 11.6 Å². The number of nitrogens with two attached hydrogens (primary N) is 1. The molecule has 0 unspecified atom stereocenters. The van der Waals surface area contributed by atoms with Gasteiger partial charge in [0.2, 0.25) is 5.82 Å². The van der Waals surface area contributed by atoms with Crippen LogP contribution in [0.5, 0.6) is 11.5 Å². The number of benzene rings is 2. The molecule has 0 amide bonds. The fourth-order valence-corrected chi connectivity index (χ4v) is 1.76. The molecule has 0 heterocycles. The van der Waals surface area contributed by atoms with Crippen LogP contribution in [0.2, 0.25) is 0 Å². The predicted molar refractivity (Wildman–Crippen MR) is 66.8 cm³/mol. The van der Waals surface area contributed by atoms with Gasteiger partial charge >= 0.3 is 0 Å². The normalized spacial score (nSPS) is 10.4. The molecule has 2 nitrogen and oxygen atoms in total. The van der Waals surface area contributed by atoms with Gasteiger partial charge in [0.1, 0.15) is 5.75 Å². The molecular weight excluding hydrogens is 236 g/mol. The third kappa shape index (κ3) is 2.42. The number of hydrogen-bond donors (Lipinski definition) is 1. The lowest BCUT2D eigenvalue weighted by atomic mass is 10.1. The Bertz CT molecular complexity index is 576. The van der Waals surface area contributed by atoms with Gasteiger partial charge in [0.05, 0.1) is 5.69 Å². The van der Waals surface area contributed by atoms with E-state index in [0.29, 0.717) is 5.75 Å². The van der Waals surface area contributed by atoms with Gasteiger partial charge in [0.25, 0.3) is 0 Å². The van der Waals surface area contributed by atoms with Crippen molar-refractivity contribution in [2.75, 3.05) is 5.73 Å². The first-order chi connectivity index (χ1) is 8.47. The van der Waals surface area contributed by atoms with Crippen LogP contribution in [0.3, 0.4) is 0 Å². The van der Waals surface area contributed by atoms with Crippen LogP contribution in [-0.4, -0.2) is 0 Å². The summed E-state index contributed by atoms with van der Waals surface area (Å²) in [6.45, 7) is 3.79. The lowest BCUT2D eigenvalue weighted by Gasteiger charge is -2.11. The predicted octanol–water partition coefficient (Wildman–Crippen LogP) is 3.96. The van der Waals surface area contributed by atoms with Gasteiger partial charge < -0.3 is 10.5 Å². The lowest BCUT2D eigenvalue weighted by Crippen LogP contribution is -1.98. The van der Waals surface area contributed by atoms with Crippen molar-refractivity contribution in [1.29, 1.82) is 0 Å². The summed E-state index contributed by atoms with van der Waals surface area (Å²) in [5.41, 5.74) is 7.59. The summed E-state index contributed by atoms with van der Waals surface area (Å²) in [5.74, 6) is -1.90. The monoisotopic (exact) mass is 249 g/mol. The highest BCUT2D eigenvalue weighted by molar-refractivity contribution is 5.55. The van der Waals surface area contributed by atoms with E-state index < -0.39 is 11.6 Å². The summed E-state index contributed by atoms with van der Waals surface area (Å²) < 4.78 is 32.0. The van der Waals surface area contributed by atoms with Crippen molar-refractivity contribution in [3.8, 4) is 11.5 Å². The van der Waals surface area contributed by atoms with E-state index >= 15 is 0 Å². The average Bonchev–Trinajstić information content (AvgIpc) is 2.28. The number of rotatable bonds is 2. The Hall–Kier alpha value is -2.10. The minimum Gasteiger partial charge on any atom is -0.452 e. The zero-order valence-corrected chi connectivity index (χ0v) is 10.1. The van der Waals surface area contributed by atoms with Crippen molar-refractivity contribution in [3.63, 3.8) is 0 Å². The Morgan fingerprint density at radius 2 is 1.61 bits per heavy atom. The molecule has 2 N–H and O–H groups in total. The molecule has 0 atom stereocenters. The largest absolute Gasteiger partial charge is 0.452 e. The van der Waals surface area contributed by atoms with Crippen molar-refractivity contribution >= 4 is 5.69 Å². The maximum atomic E-state index is 13.6. The quantitative estimate of drug-likeness (QED) is 0.818. The van der Waals surface area contributed by atoms with Crippen molar-refractivity contribution in [3.05, 3.63) is 53.1 Å². The van der Waals surface area contributed by atoms with Crippen LogP contribution < -0.4 is 10.5 Å². The second kappa shape index (κ2) is 4.64. The first-order valence-corrected chi connectivity index (χ1v) is 5.47. The Balaban J connectivity index is 2.42. The highest BCUT2D eigenvalue weighted by Gasteiger charge is 2.14. The van der Waals surface area contributed by atoms with Crippen molar-refractivity contribution in [2.45, 2.75) is 13.8 Å². The molecule has 94 valence electrons. The topological polar surface area (TPSA) is 35.2 Å². The maximum Gasteiger partial charge on any atom is 0.203 e. The summed E-state index contributed by atoms with van der Waals surface area (Å²) >= 11 is 0. The number of hydrogen-bond acceptors (Lipinski definition) is 2. The molecule has 2 aromatic rings. The molecule has 0 aromatic heterocycles. The van der Waals surface area contributed by atoms with Gasteiger partial charge in [0, 0.05) is 0 Å². The molecule has 4 heteroatoms. The number of halogens is 2. The summed E-state index contributed by atoms with van der Waals surface area (Å²) in [6.07, 6.45) is 0. The van der Waals surface area contributed by atoms with E-state index in [1.54, 1.807) is 12.1 Å². The van der Waals surface area contributed by atoms with E-state index in [1.807, 2.05) is 19.9 Å². The number of anilines is 1. The van der Waals surface area contributed by atoms with Crippen LogP contribution >= 0.6 is 0 Å². The zero-order chi connectivity index (χ0) is 13.3. The van der Waals surface area contributed by atoms with Crippen LogP contribution in [0.25, 0.3) is 0 Å². The maximum absolute atomic E-state index is 13.6.